The van der Waals surface area contributed by atoms with Crippen LogP contribution in [0.15, 0.2) is 42.5 Å². The molecule has 144 valence electrons. The molecule has 1 atom stereocenters. The first-order valence-corrected chi connectivity index (χ1v) is 9.01. The summed E-state index contributed by atoms with van der Waals surface area (Å²) in [5, 5.41) is 3.59. The molecular formula is C21H25NO5. The van der Waals surface area contributed by atoms with Crippen molar-refractivity contribution in [2.75, 3.05) is 34.2 Å². The van der Waals surface area contributed by atoms with Gasteiger partial charge in [-0.2, -0.15) is 0 Å². The van der Waals surface area contributed by atoms with Crippen molar-refractivity contribution in [2.45, 2.75) is 18.9 Å². The summed E-state index contributed by atoms with van der Waals surface area (Å²) in [7, 11) is 2.99. The van der Waals surface area contributed by atoms with Crippen molar-refractivity contribution in [2.24, 2.45) is 0 Å². The van der Waals surface area contributed by atoms with Gasteiger partial charge in [0.1, 0.15) is 11.5 Å². The van der Waals surface area contributed by atoms with Crippen LogP contribution in [-0.4, -0.2) is 40.1 Å². The Balaban J connectivity index is 1.63. The molecule has 0 saturated carbocycles. The quantitative estimate of drug-likeness (QED) is 0.568. The number of carbonyl (C=O) groups is 1. The van der Waals surface area contributed by atoms with Gasteiger partial charge in [-0.15, -0.1) is 0 Å². The molecule has 3 rings (SSSR count). The van der Waals surface area contributed by atoms with Crippen molar-refractivity contribution in [3.8, 4) is 11.5 Å². The highest BCUT2D eigenvalue weighted by molar-refractivity contribution is 5.90. The molecule has 6 nitrogen and oxygen atoms in total. The Morgan fingerprint density at radius 2 is 2.07 bits per heavy atom. The van der Waals surface area contributed by atoms with Crippen LogP contribution in [0.25, 0.3) is 0 Å². The van der Waals surface area contributed by atoms with E-state index in [1.807, 2.05) is 24.3 Å². The van der Waals surface area contributed by atoms with Gasteiger partial charge in [0, 0.05) is 25.1 Å². The summed E-state index contributed by atoms with van der Waals surface area (Å²) in [5.74, 6) is 1.23. The van der Waals surface area contributed by atoms with Crippen LogP contribution in [0.3, 0.4) is 0 Å². The van der Waals surface area contributed by atoms with E-state index >= 15 is 0 Å². The fraction of sp³-hybridized carbons (Fsp3) is 0.381. The lowest BCUT2D eigenvalue weighted by Crippen LogP contribution is -2.29. The molecule has 0 aromatic heterocycles. The lowest BCUT2D eigenvalue weighted by Gasteiger charge is -2.27. The van der Waals surface area contributed by atoms with Crippen LogP contribution < -0.4 is 14.8 Å². The molecule has 27 heavy (non-hydrogen) atoms. The first-order chi connectivity index (χ1) is 13.2. The number of esters is 1. The van der Waals surface area contributed by atoms with Gasteiger partial charge in [-0.25, -0.2) is 4.79 Å². The standard InChI is InChI=1S/C21H25NO5/c1-24-14-27-19-6-4-3-5-15(19)9-11-22-18-10-12-26-20-13-16(21(23)25-2)7-8-17(18)20/h3-8,13,18,22H,9-12,14H2,1-2H3. The summed E-state index contributed by atoms with van der Waals surface area (Å²) in [4.78, 5) is 11.7. The zero-order valence-corrected chi connectivity index (χ0v) is 15.7. The summed E-state index contributed by atoms with van der Waals surface area (Å²) >= 11 is 0. The van der Waals surface area contributed by atoms with Crippen LogP contribution in [0.4, 0.5) is 0 Å². The van der Waals surface area contributed by atoms with Crippen LogP contribution in [0.1, 0.15) is 33.9 Å². The highest BCUT2D eigenvalue weighted by atomic mass is 16.7. The van der Waals surface area contributed by atoms with Gasteiger partial charge in [-0.3, -0.25) is 0 Å². The zero-order chi connectivity index (χ0) is 19.1. The fourth-order valence-electron chi connectivity index (χ4n) is 3.20. The van der Waals surface area contributed by atoms with E-state index in [1.165, 1.54) is 7.11 Å². The van der Waals surface area contributed by atoms with Crippen molar-refractivity contribution < 1.29 is 23.7 Å². The van der Waals surface area contributed by atoms with E-state index in [2.05, 4.69) is 11.4 Å². The summed E-state index contributed by atoms with van der Waals surface area (Å²) < 4.78 is 21.1. The summed E-state index contributed by atoms with van der Waals surface area (Å²) in [6.45, 7) is 1.65. The zero-order valence-electron chi connectivity index (χ0n) is 15.7. The van der Waals surface area contributed by atoms with Crippen LogP contribution in [0.2, 0.25) is 0 Å². The number of hydrogen-bond donors (Lipinski definition) is 1. The number of nitrogens with one attached hydrogen (secondary N) is 1. The molecule has 1 N–H and O–H groups in total. The SMILES string of the molecule is COCOc1ccccc1CCNC1CCOc2cc(C(=O)OC)ccc21. The topological polar surface area (TPSA) is 66.0 Å². The number of carbonyl (C=O) groups excluding carboxylic acids is 1. The number of methoxy groups -OCH3 is 2. The number of fused-ring (bicyclic) bond motifs is 1. The van der Waals surface area contributed by atoms with Crippen molar-refractivity contribution >= 4 is 5.97 Å². The Bertz CT molecular complexity index is 777. The van der Waals surface area contributed by atoms with Gasteiger partial charge in [-0.05, 0) is 36.7 Å². The van der Waals surface area contributed by atoms with Gasteiger partial charge < -0.3 is 24.3 Å². The van der Waals surface area contributed by atoms with E-state index in [0.29, 0.717) is 12.2 Å². The van der Waals surface area contributed by atoms with Crippen LogP contribution in [0.5, 0.6) is 11.5 Å². The van der Waals surface area contributed by atoms with E-state index in [1.54, 1.807) is 19.2 Å². The molecule has 0 saturated heterocycles. The van der Waals surface area contributed by atoms with E-state index in [-0.39, 0.29) is 18.8 Å². The molecule has 0 amide bonds. The minimum atomic E-state index is -0.357. The maximum absolute atomic E-state index is 11.7. The molecule has 1 heterocycles. The van der Waals surface area contributed by atoms with Crippen molar-refractivity contribution in [1.82, 2.24) is 5.32 Å². The van der Waals surface area contributed by atoms with Gasteiger partial charge in [0.25, 0.3) is 0 Å². The minimum Gasteiger partial charge on any atom is -0.493 e. The van der Waals surface area contributed by atoms with E-state index in [9.17, 15) is 4.79 Å². The normalized spacial score (nSPS) is 15.6. The second kappa shape index (κ2) is 9.39. The largest absolute Gasteiger partial charge is 0.493 e. The molecule has 0 radical (unpaired) electrons. The molecule has 0 spiro atoms. The predicted octanol–water partition coefficient (Wildman–Crippen LogP) is 3.11. The number of para-hydroxylation sites is 1. The molecule has 1 unspecified atom stereocenters. The molecule has 2 aromatic rings. The van der Waals surface area contributed by atoms with Crippen molar-refractivity contribution in [3.63, 3.8) is 0 Å². The maximum atomic E-state index is 11.7. The third-order valence-electron chi connectivity index (χ3n) is 4.56. The second-order valence-electron chi connectivity index (χ2n) is 6.30. The van der Waals surface area contributed by atoms with Crippen molar-refractivity contribution in [1.29, 1.82) is 0 Å². The fourth-order valence-corrected chi connectivity index (χ4v) is 3.20. The third kappa shape index (κ3) is 4.78. The smallest absolute Gasteiger partial charge is 0.337 e. The summed E-state index contributed by atoms with van der Waals surface area (Å²) in [6, 6.07) is 13.6. The number of hydrogen-bond acceptors (Lipinski definition) is 6. The Morgan fingerprint density at radius 1 is 1.22 bits per heavy atom. The number of rotatable bonds is 8. The Morgan fingerprint density at radius 3 is 2.89 bits per heavy atom. The monoisotopic (exact) mass is 371 g/mol. The van der Waals surface area contributed by atoms with E-state index < -0.39 is 0 Å². The second-order valence-corrected chi connectivity index (χ2v) is 6.30. The Labute approximate surface area is 159 Å². The van der Waals surface area contributed by atoms with Crippen LogP contribution >= 0.6 is 0 Å². The van der Waals surface area contributed by atoms with E-state index in [4.69, 9.17) is 18.9 Å². The Kier molecular flexibility index (Phi) is 6.68. The number of benzene rings is 2. The molecule has 0 fully saturated rings. The van der Waals surface area contributed by atoms with Crippen LogP contribution in [0, 0.1) is 0 Å². The van der Waals surface area contributed by atoms with Crippen molar-refractivity contribution in [3.05, 3.63) is 59.2 Å². The van der Waals surface area contributed by atoms with Gasteiger partial charge >= 0.3 is 5.97 Å². The predicted molar refractivity (Wildman–Crippen MR) is 101 cm³/mol. The molecular weight excluding hydrogens is 346 g/mol. The average molecular weight is 371 g/mol. The summed E-state index contributed by atoms with van der Waals surface area (Å²) in [6.07, 6.45) is 1.72. The average Bonchev–Trinajstić information content (AvgIpc) is 2.72. The maximum Gasteiger partial charge on any atom is 0.337 e. The highest BCUT2D eigenvalue weighted by Gasteiger charge is 2.22. The molecule has 1 aliphatic heterocycles. The number of ether oxygens (including phenoxy) is 4. The first kappa shape index (κ1) is 19.2. The third-order valence-corrected chi connectivity index (χ3v) is 4.56. The molecule has 2 aromatic carbocycles. The molecule has 1 aliphatic rings. The Hall–Kier alpha value is -2.57. The van der Waals surface area contributed by atoms with Gasteiger partial charge in [-0.1, -0.05) is 24.3 Å². The molecule has 6 heteroatoms. The van der Waals surface area contributed by atoms with Gasteiger partial charge in [0.05, 0.1) is 19.3 Å². The minimum absolute atomic E-state index is 0.188. The van der Waals surface area contributed by atoms with Gasteiger partial charge in [0.2, 0.25) is 0 Å². The van der Waals surface area contributed by atoms with Crippen LogP contribution in [-0.2, 0) is 15.9 Å². The lowest BCUT2D eigenvalue weighted by atomic mass is 9.98. The lowest BCUT2D eigenvalue weighted by molar-refractivity contribution is 0.0504. The summed E-state index contributed by atoms with van der Waals surface area (Å²) in [5.41, 5.74) is 2.70. The van der Waals surface area contributed by atoms with Gasteiger partial charge in [0.15, 0.2) is 6.79 Å². The first-order valence-electron chi connectivity index (χ1n) is 9.01. The van der Waals surface area contributed by atoms with E-state index in [0.717, 1.165) is 42.0 Å². The molecule has 0 aliphatic carbocycles. The highest BCUT2D eigenvalue weighted by Crippen LogP contribution is 2.33. The molecule has 0 bridgehead atoms.